The largest absolute Gasteiger partial charge is 0.478 e. The molecule has 0 heterocycles. The van der Waals surface area contributed by atoms with Crippen molar-refractivity contribution in [2.45, 2.75) is 70.9 Å². The molecule has 6 nitrogen and oxygen atoms in total. The summed E-state index contributed by atoms with van der Waals surface area (Å²) < 4.78 is 6.31. The summed E-state index contributed by atoms with van der Waals surface area (Å²) in [5.41, 5.74) is 1.46. The smallest absolute Gasteiger partial charge is 0.331 e. The van der Waals surface area contributed by atoms with E-state index in [1.54, 1.807) is 6.08 Å². The number of hydrogen-bond donors (Lipinski definition) is 3. The van der Waals surface area contributed by atoms with E-state index in [0.29, 0.717) is 18.5 Å². The van der Waals surface area contributed by atoms with E-state index < -0.39 is 12.1 Å². The second-order valence-electron chi connectivity index (χ2n) is 9.25. The Balaban J connectivity index is 1.70. The SMILES string of the molecule is CCC(CC)O[C@@H]1C=C(C(=O)O)C[C@H](NCc2c3ccccc3cc3ccccc23)[C@H]1NC(C)=O. The highest BCUT2D eigenvalue weighted by molar-refractivity contribution is 6.02. The topological polar surface area (TPSA) is 87.7 Å². The first-order valence-electron chi connectivity index (χ1n) is 12.4. The van der Waals surface area contributed by atoms with Crippen LogP contribution in [0.3, 0.4) is 0 Å². The fourth-order valence-corrected chi connectivity index (χ4v) is 5.10. The van der Waals surface area contributed by atoms with Gasteiger partial charge in [-0.3, -0.25) is 4.79 Å². The second kappa shape index (κ2) is 11.0. The molecule has 1 aliphatic carbocycles. The summed E-state index contributed by atoms with van der Waals surface area (Å²) in [5.74, 6) is -1.12. The number of benzene rings is 3. The van der Waals surface area contributed by atoms with Gasteiger partial charge in [0.15, 0.2) is 0 Å². The van der Waals surface area contributed by atoms with Crippen LogP contribution >= 0.6 is 0 Å². The van der Waals surface area contributed by atoms with E-state index in [9.17, 15) is 14.7 Å². The van der Waals surface area contributed by atoms with Crippen molar-refractivity contribution in [3.63, 3.8) is 0 Å². The normalized spacial score (nSPS) is 20.2. The molecule has 0 spiro atoms. The van der Waals surface area contributed by atoms with Crippen molar-refractivity contribution in [1.82, 2.24) is 10.6 Å². The van der Waals surface area contributed by atoms with Crippen molar-refractivity contribution in [2.24, 2.45) is 0 Å². The minimum absolute atomic E-state index is 0.0108. The van der Waals surface area contributed by atoms with Crippen LogP contribution < -0.4 is 10.6 Å². The number of carboxylic acids is 1. The Morgan fingerprint density at radius 2 is 1.63 bits per heavy atom. The predicted molar refractivity (Wildman–Crippen MR) is 139 cm³/mol. The third kappa shape index (κ3) is 5.55. The molecule has 0 aromatic heterocycles. The van der Waals surface area contributed by atoms with Crippen LogP contribution in [-0.4, -0.2) is 41.3 Å². The van der Waals surface area contributed by atoms with Crippen molar-refractivity contribution in [1.29, 1.82) is 0 Å². The minimum atomic E-state index is -0.952. The van der Waals surface area contributed by atoms with Gasteiger partial charge in [0.05, 0.1) is 18.2 Å². The quantitative estimate of drug-likeness (QED) is 0.382. The molecule has 0 aliphatic heterocycles. The van der Waals surface area contributed by atoms with Crippen LogP contribution in [0.4, 0.5) is 0 Å². The summed E-state index contributed by atoms with van der Waals surface area (Å²) in [6.45, 7) is 6.12. The van der Waals surface area contributed by atoms with Gasteiger partial charge in [-0.25, -0.2) is 4.79 Å². The van der Waals surface area contributed by atoms with Gasteiger partial charge >= 0.3 is 5.97 Å². The van der Waals surface area contributed by atoms with Crippen molar-refractivity contribution < 1.29 is 19.4 Å². The maximum absolute atomic E-state index is 12.1. The van der Waals surface area contributed by atoms with Crippen LogP contribution in [0.5, 0.6) is 0 Å². The molecular weight excluding hydrogens is 440 g/mol. The number of amides is 1. The van der Waals surface area contributed by atoms with Crippen LogP contribution in [0.25, 0.3) is 21.5 Å². The highest BCUT2D eigenvalue weighted by atomic mass is 16.5. The molecule has 0 fully saturated rings. The van der Waals surface area contributed by atoms with Gasteiger partial charge in [-0.15, -0.1) is 0 Å². The van der Waals surface area contributed by atoms with Crippen LogP contribution in [0.1, 0.15) is 45.6 Å². The third-order valence-corrected chi connectivity index (χ3v) is 6.92. The molecule has 0 saturated heterocycles. The average molecular weight is 475 g/mol. The Kier molecular flexibility index (Phi) is 7.83. The summed E-state index contributed by atoms with van der Waals surface area (Å²) in [6.07, 6.45) is 3.07. The first-order chi connectivity index (χ1) is 16.9. The first-order valence-corrected chi connectivity index (χ1v) is 12.4. The monoisotopic (exact) mass is 474 g/mol. The summed E-state index contributed by atoms with van der Waals surface area (Å²) in [4.78, 5) is 24.1. The lowest BCUT2D eigenvalue weighted by Gasteiger charge is -2.38. The van der Waals surface area contributed by atoms with E-state index in [1.807, 2.05) is 38.1 Å². The van der Waals surface area contributed by atoms with Crippen LogP contribution in [-0.2, 0) is 20.9 Å². The van der Waals surface area contributed by atoms with Crippen molar-refractivity contribution >= 4 is 33.4 Å². The number of fused-ring (bicyclic) bond motifs is 2. The summed E-state index contributed by atoms with van der Waals surface area (Å²) in [5, 5.41) is 21.1. The van der Waals surface area contributed by atoms with Crippen LogP contribution in [0, 0.1) is 0 Å². The zero-order chi connectivity index (χ0) is 24.9. The van der Waals surface area contributed by atoms with Crippen LogP contribution in [0.2, 0.25) is 0 Å². The Hall–Kier alpha value is -3.22. The van der Waals surface area contributed by atoms with E-state index in [0.717, 1.165) is 39.9 Å². The average Bonchev–Trinajstić information content (AvgIpc) is 2.85. The number of rotatable bonds is 9. The van der Waals surface area contributed by atoms with E-state index in [2.05, 4.69) is 41.0 Å². The molecular formula is C29H34N2O4. The van der Waals surface area contributed by atoms with E-state index >= 15 is 0 Å². The molecule has 0 bridgehead atoms. The summed E-state index contributed by atoms with van der Waals surface area (Å²) >= 11 is 0. The van der Waals surface area contributed by atoms with Crippen LogP contribution in [0.15, 0.2) is 66.2 Å². The van der Waals surface area contributed by atoms with Gasteiger partial charge in [-0.1, -0.05) is 62.4 Å². The number of aliphatic carboxylic acids is 1. The van der Waals surface area contributed by atoms with Gasteiger partial charge in [0, 0.05) is 25.1 Å². The molecule has 3 atom stereocenters. The molecule has 0 unspecified atom stereocenters. The zero-order valence-corrected chi connectivity index (χ0v) is 20.6. The van der Waals surface area contributed by atoms with Crippen molar-refractivity contribution in [3.05, 3.63) is 71.8 Å². The molecule has 3 N–H and O–H groups in total. The highest BCUT2D eigenvalue weighted by Crippen LogP contribution is 2.30. The third-order valence-electron chi connectivity index (χ3n) is 6.92. The number of ether oxygens (including phenoxy) is 1. The van der Waals surface area contributed by atoms with Crippen molar-refractivity contribution in [3.8, 4) is 0 Å². The molecule has 6 heteroatoms. The van der Waals surface area contributed by atoms with Gasteiger partial charge in [-0.05, 0) is 58.5 Å². The molecule has 184 valence electrons. The fourth-order valence-electron chi connectivity index (χ4n) is 5.10. The molecule has 0 radical (unpaired) electrons. The molecule has 0 saturated carbocycles. The zero-order valence-electron chi connectivity index (χ0n) is 20.6. The molecule has 1 amide bonds. The van der Waals surface area contributed by atoms with Gasteiger partial charge in [0.25, 0.3) is 0 Å². The van der Waals surface area contributed by atoms with Crippen molar-refractivity contribution in [2.75, 3.05) is 0 Å². The predicted octanol–water partition coefficient (Wildman–Crippen LogP) is 4.94. The maximum atomic E-state index is 12.1. The second-order valence-corrected chi connectivity index (χ2v) is 9.25. The molecule has 3 aromatic rings. The van der Waals surface area contributed by atoms with E-state index in [1.165, 1.54) is 6.92 Å². The Labute approximate surface area is 206 Å². The molecule has 35 heavy (non-hydrogen) atoms. The molecule has 1 aliphatic rings. The Morgan fingerprint density at radius 1 is 1.03 bits per heavy atom. The number of carbonyl (C=O) groups excluding carboxylic acids is 1. The summed E-state index contributed by atoms with van der Waals surface area (Å²) in [6, 6.07) is 18.1. The van der Waals surface area contributed by atoms with Gasteiger partial charge in [0.1, 0.15) is 0 Å². The Bertz CT molecular complexity index is 1190. The Morgan fingerprint density at radius 3 is 2.17 bits per heavy atom. The maximum Gasteiger partial charge on any atom is 0.331 e. The molecule has 4 rings (SSSR count). The highest BCUT2D eigenvalue weighted by Gasteiger charge is 2.37. The molecule has 3 aromatic carbocycles. The number of hydrogen-bond acceptors (Lipinski definition) is 4. The van der Waals surface area contributed by atoms with Gasteiger partial charge in [-0.2, -0.15) is 0 Å². The number of carboxylic acid groups (broad SMARTS) is 1. The van der Waals surface area contributed by atoms with Gasteiger partial charge in [0.2, 0.25) is 5.91 Å². The minimum Gasteiger partial charge on any atom is -0.478 e. The lowest BCUT2D eigenvalue weighted by Crippen LogP contribution is -2.58. The van der Waals surface area contributed by atoms with E-state index in [4.69, 9.17) is 4.74 Å². The van der Waals surface area contributed by atoms with E-state index in [-0.39, 0.29) is 24.1 Å². The summed E-state index contributed by atoms with van der Waals surface area (Å²) in [7, 11) is 0. The number of carbonyl (C=O) groups is 2. The van der Waals surface area contributed by atoms with Gasteiger partial charge < -0.3 is 20.5 Å². The standard InChI is InChI=1S/C29H34N2O4/c1-4-22(5-2)35-27-16-21(29(33)34)15-26(28(27)31-18(3)32)30-17-25-23-12-8-6-10-19(23)14-20-11-7-9-13-24(20)25/h6-14,16,22,26-28,30H,4-5,15,17H2,1-3H3,(H,31,32)(H,33,34)/t26-,27+,28+/m0/s1. The first kappa shape index (κ1) is 24.9. The fraction of sp³-hybridized carbons (Fsp3) is 0.379. The lowest BCUT2D eigenvalue weighted by atomic mass is 9.87. The number of nitrogens with one attached hydrogen (secondary N) is 2. The lowest BCUT2D eigenvalue weighted by molar-refractivity contribution is -0.133.